The highest BCUT2D eigenvalue weighted by molar-refractivity contribution is 6.36. The normalized spacial score (nSPS) is 14.9. The van der Waals surface area contributed by atoms with E-state index in [1.54, 1.807) is 6.07 Å². The summed E-state index contributed by atoms with van der Waals surface area (Å²) in [6, 6.07) is 5.34. The number of benzene rings is 1. The first-order valence-electron chi connectivity index (χ1n) is 8.81. The number of halogens is 5. The second-order valence-electron chi connectivity index (χ2n) is 6.72. The number of hydrogen-bond donors (Lipinski definition) is 2. The Labute approximate surface area is 170 Å². The van der Waals surface area contributed by atoms with Gasteiger partial charge >= 0.3 is 6.18 Å². The molecule has 1 aliphatic rings. The van der Waals surface area contributed by atoms with E-state index < -0.39 is 23.2 Å². The largest absolute Gasteiger partial charge is 0.417 e. The number of nitrogens with zero attached hydrogens (tertiary/aromatic N) is 1. The minimum Gasteiger partial charge on any atom is -0.352 e. The average molecular weight is 432 g/mol. The molecule has 1 amide bonds. The quantitative estimate of drug-likeness (QED) is 0.603. The topological polar surface area (TPSA) is 54.0 Å². The lowest BCUT2D eigenvalue weighted by Crippen LogP contribution is -2.30. The van der Waals surface area contributed by atoms with E-state index in [-0.39, 0.29) is 10.8 Å². The zero-order valence-electron chi connectivity index (χ0n) is 14.7. The molecular weight excluding hydrogens is 414 g/mol. The standard InChI is InChI=1S/C19H18Cl2F3N3O/c20-12-5-6-16(15(21)7-12)27-17-8-14(19(22,23)24)13(10-25-17)18(28)26-9-11-3-1-2-4-11/h5-8,10-11H,1-4,9H2,(H,25,27)(H,26,28). The van der Waals surface area contributed by atoms with Gasteiger partial charge in [0.1, 0.15) is 5.82 Å². The molecular formula is C19H18Cl2F3N3O. The van der Waals surface area contributed by atoms with E-state index in [0.29, 0.717) is 23.2 Å². The third-order valence-corrected chi connectivity index (χ3v) is 5.22. The lowest BCUT2D eigenvalue weighted by atomic mass is 10.1. The lowest BCUT2D eigenvalue weighted by molar-refractivity contribution is -0.137. The fourth-order valence-electron chi connectivity index (χ4n) is 3.21. The van der Waals surface area contributed by atoms with Crippen molar-refractivity contribution in [3.8, 4) is 0 Å². The van der Waals surface area contributed by atoms with Crippen LogP contribution < -0.4 is 10.6 Å². The molecule has 9 heteroatoms. The van der Waals surface area contributed by atoms with Gasteiger partial charge in [0.15, 0.2) is 0 Å². The van der Waals surface area contributed by atoms with Gasteiger partial charge in [-0.25, -0.2) is 4.98 Å². The number of carbonyl (C=O) groups is 1. The van der Waals surface area contributed by atoms with E-state index in [1.807, 2.05) is 0 Å². The number of carbonyl (C=O) groups excluding carboxylic acids is 1. The van der Waals surface area contributed by atoms with Gasteiger partial charge in [-0.3, -0.25) is 4.79 Å². The van der Waals surface area contributed by atoms with Crippen LogP contribution in [0.3, 0.4) is 0 Å². The monoisotopic (exact) mass is 431 g/mol. The number of pyridine rings is 1. The Bertz CT molecular complexity index is 868. The minimum atomic E-state index is -4.71. The molecule has 0 unspecified atom stereocenters. The first kappa shape index (κ1) is 20.7. The van der Waals surface area contributed by atoms with Crippen molar-refractivity contribution in [2.45, 2.75) is 31.9 Å². The van der Waals surface area contributed by atoms with Crippen LogP contribution >= 0.6 is 23.2 Å². The Morgan fingerprint density at radius 3 is 2.54 bits per heavy atom. The maximum absolute atomic E-state index is 13.5. The summed E-state index contributed by atoms with van der Waals surface area (Å²) in [6.45, 7) is 0.372. The average Bonchev–Trinajstić information content (AvgIpc) is 3.15. The van der Waals surface area contributed by atoms with E-state index in [0.717, 1.165) is 37.9 Å². The van der Waals surface area contributed by atoms with E-state index >= 15 is 0 Å². The smallest absolute Gasteiger partial charge is 0.352 e. The Hall–Kier alpha value is -1.99. The summed E-state index contributed by atoms with van der Waals surface area (Å²) in [5, 5.41) is 5.96. The molecule has 1 aromatic carbocycles. The molecule has 1 fully saturated rings. The van der Waals surface area contributed by atoms with Crippen molar-refractivity contribution in [2.24, 2.45) is 5.92 Å². The van der Waals surface area contributed by atoms with Gasteiger partial charge in [0.2, 0.25) is 0 Å². The highest BCUT2D eigenvalue weighted by atomic mass is 35.5. The van der Waals surface area contributed by atoms with Gasteiger partial charge in [-0.15, -0.1) is 0 Å². The SMILES string of the molecule is O=C(NCC1CCCC1)c1cnc(Nc2ccc(Cl)cc2Cl)cc1C(F)(F)F. The molecule has 28 heavy (non-hydrogen) atoms. The summed E-state index contributed by atoms with van der Waals surface area (Å²) in [7, 11) is 0. The predicted molar refractivity (Wildman–Crippen MR) is 103 cm³/mol. The number of aromatic nitrogens is 1. The zero-order valence-corrected chi connectivity index (χ0v) is 16.3. The molecule has 3 rings (SSSR count). The van der Waals surface area contributed by atoms with Gasteiger partial charge < -0.3 is 10.6 Å². The van der Waals surface area contributed by atoms with Crippen molar-refractivity contribution in [3.05, 3.63) is 51.6 Å². The second kappa shape index (κ2) is 8.57. The Morgan fingerprint density at radius 1 is 1.18 bits per heavy atom. The number of alkyl halides is 3. The van der Waals surface area contributed by atoms with Gasteiger partial charge in [0, 0.05) is 17.8 Å². The third-order valence-electron chi connectivity index (χ3n) is 4.67. The van der Waals surface area contributed by atoms with Crippen molar-refractivity contribution in [1.29, 1.82) is 0 Å². The molecule has 4 nitrogen and oxygen atoms in total. The van der Waals surface area contributed by atoms with Gasteiger partial charge in [-0.1, -0.05) is 36.0 Å². The van der Waals surface area contributed by atoms with Gasteiger partial charge in [0.25, 0.3) is 5.91 Å². The molecule has 1 saturated carbocycles. The zero-order chi connectivity index (χ0) is 20.3. The van der Waals surface area contributed by atoms with Crippen molar-refractivity contribution in [3.63, 3.8) is 0 Å². The summed E-state index contributed by atoms with van der Waals surface area (Å²) in [5.41, 5.74) is -1.21. The van der Waals surface area contributed by atoms with E-state index in [9.17, 15) is 18.0 Å². The van der Waals surface area contributed by atoms with Crippen LogP contribution in [-0.2, 0) is 6.18 Å². The van der Waals surface area contributed by atoms with Crippen LogP contribution in [0.4, 0.5) is 24.7 Å². The lowest BCUT2D eigenvalue weighted by Gasteiger charge is -2.16. The molecule has 2 aromatic rings. The van der Waals surface area contributed by atoms with Crippen molar-refractivity contribution in [1.82, 2.24) is 10.3 Å². The van der Waals surface area contributed by atoms with Gasteiger partial charge in [0.05, 0.1) is 21.8 Å². The Morgan fingerprint density at radius 2 is 1.89 bits per heavy atom. The van der Waals surface area contributed by atoms with Gasteiger partial charge in [-0.2, -0.15) is 13.2 Å². The molecule has 0 spiro atoms. The fraction of sp³-hybridized carbons (Fsp3) is 0.368. The molecule has 150 valence electrons. The van der Waals surface area contributed by atoms with Crippen LogP contribution in [0, 0.1) is 5.92 Å². The Kier molecular flexibility index (Phi) is 6.35. The molecule has 1 aliphatic carbocycles. The third kappa shape index (κ3) is 5.08. The molecule has 1 aromatic heterocycles. The number of rotatable bonds is 5. The first-order valence-corrected chi connectivity index (χ1v) is 9.57. The summed E-state index contributed by atoms with van der Waals surface area (Å²) in [4.78, 5) is 16.3. The molecule has 0 aliphatic heterocycles. The van der Waals surface area contributed by atoms with Crippen molar-refractivity contribution < 1.29 is 18.0 Å². The molecule has 0 atom stereocenters. The fourth-order valence-corrected chi connectivity index (χ4v) is 3.67. The van der Waals surface area contributed by atoms with Gasteiger partial charge in [-0.05, 0) is 43.0 Å². The number of amides is 1. The van der Waals surface area contributed by atoms with Crippen LogP contribution in [0.15, 0.2) is 30.5 Å². The second-order valence-corrected chi connectivity index (χ2v) is 7.57. The van der Waals surface area contributed by atoms with Crippen LogP contribution in [0.5, 0.6) is 0 Å². The van der Waals surface area contributed by atoms with E-state index in [4.69, 9.17) is 23.2 Å². The highest BCUT2D eigenvalue weighted by Crippen LogP contribution is 2.35. The maximum Gasteiger partial charge on any atom is 0.417 e. The highest BCUT2D eigenvalue weighted by Gasteiger charge is 2.36. The molecule has 0 bridgehead atoms. The van der Waals surface area contributed by atoms with Crippen LogP contribution in [-0.4, -0.2) is 17.4 Å². The van der Waals surface area contributed by atoms with E-state index in [2.05, 4.69) is 15.6 Å². The summed E-state index contributed by atoms with van der Waals surface area (Å²) < 4.78 is 40.6. The molecule has 0 saturated heterocycles. The molecule has 2 N–H and O–H groups in total. The first-order chi connectivity index (χ1) is 13.2. The molecule has 1 heterocycles. The van der Waals surface area contributed by atoms with Crippen LogP contribution in [0.2, 0.25) is 10.0 Å². The Balaban J connectivity index is 1.82. The number of hydrogen-bond acceptors (Lipinski definition) is 3. The minimum absolute atomic E-state index is 0.0797. The van der Waals surface area contributed by atoms with Crippen molar-refractivity contribution in [2.75, 3.05) is 11.9 Å². The summed E-state index contributed by atoms with van der Waals surface area (Å²) in [5.74, 6) is -0.536. The van der Waals surface area contributed by atoms with Crippen LogP contribution in [0.25, 0.3) is 0 Å². The molecule has 0 radical (unpaired) electrons. The summed E-state index contributed by atoms with van der Waals surface area (Å²) in [6.07, 6.45) is 0.361. The predicted octanol–water partition coefficient (Wildman–Crippen LogP) is 6.07. The summed E-state index contributed by atoms with van der Waals surface area (Å²) >= 11 is 11.8. The maximum atomic E-state index is 13.5. The van der Waals surface area contributed by atoms with E-state index in [1.165, 1.54) is 12.1 Å². The van der Waals surface area contributed by atoms with Crippen LogP contribution in [0.1, 0.15) is 41.6 Å². The number of anilines is 2. The van der Waals surface area contributed by atoms with Crippen molar-refractivity contribution >= 4 is 40.6 Å². The number of nitrogens with one attached hydrogen (secondary N) is 2.